The lowest BCUT2D eigenvalue weighted by Crippen LogP contribution is -2.48. The summed E-state index contributed by atoms with van der Waals surface area (Å²) in [5.74, 6) is -0.0201. The minimum atomic E-state index is -0.535. The van der Waals surface area contributed by atoms with Crippen LogP contribution in [0.5, 0.6) is 0 Å². The topological polar surface area (TPSA) is 75.4 Å². The Labute approximate surface area is 98.6 Å². The predicted octanol–water partition coefficient (Wildman–Crippen LogP) is 1.03. The molecule has 4 nitrogen and oxygen atoms in total. The van der Waals surface area contributed by atoms with Gasteiger partial charge in [0, 0.05) is 12.0 Å². The van der Waals surface area contributed by atoms with Gasteiger partial charge in [0.25, 0.3) is 0 Å². The molecule has 0 spiro atoms. The Hall–Kier alpha value is -0.610. The first-order chi connectivity index (χ1) is 7.28. The molecule has 2 atom stereocenters. The van der Waals surface area contributed by atoms with Crippen LogP contribution in [0.15, 0.2) is 0 Å². The molecule has 0 aromatic carbocycles. The molecule has 0 rings (SSSR count). The van der Waals surface area contributed by atoms with Gasteiger partial charge >= 0.3 is 0 Å². The van der Waals surface area contributed by atoms with E-state index in [-0.39, 0.29) is 24.5 Å². The molecule has 16 heavy (non-hydrogen) atoms. The predicted molar refractivity (Wildman–Crippen MR) is 66.0 cm³/mol. The van der Waals surface area contributed by atoms with Crippen molar-refractivity contribution in [1.29, 1.82) is 0 Å². The van der Waals surface area contributed by atoms with E-state index in [2.05, 4.69) is 5.32 Å². The van der Waals surface area contributed by atoms with Gasteiger partial charge in [0.15, 0.2) is 0 Å². The van der Waals surface area contributed by atoms with E-state index >= 15 is 0 Å². The monoisotopic (exact) mass is 230 g/mol. The summed E-state index contributed by atoms with van der Waals surface area (Å²) >= 11 is 0. The minimum absolute atomic E-state index is 0.00345. The van der Waals surface area contributed by atoms with Crippen molar-refractivity contribution >= 4 is 5.91 Å². The first-order valence-corrected chi connectivity index (χ1v) is 5.97. The van der Waals surface area contributed by atoms with Crippen LogP contribution in [-0.4, -0.2) is 29.2 Å². The van der Waals surface area contributed by atoms with Crippen molar-refractivity contribution < 1.29 is 9.90 Å². The maximum absolute atomic E-state index is 11.7. The Morgan fingerprint density at radius 3 is 2.38 bits per heavy atom. The highest BCUT2D eigenvalue weighted by Gasteiger charge is 2.22. The van der Waals surface area contributed by atoms with Crippen LogP contribution in [0.3, 0.4) is 0 Å². The van der Waals surface area contributed by atoms with Crippen LogP contribution >= 0.6 is 0 Å². The number of rotatable bonds is 7. The Morgan fingerprint density at radius 1 is 1.38 bits per heavy atom. The highest BCUT2D eigenvalue weighted by atomic mass is 16.3. The quantitative estimate of drug-likeness (QED) is 0.611. The largest absolute Gasteiger partial charge is 0.394 e. The minimum Gasteiger partial charge on any atom is -0.394 e. The number of nitrogens with two attached hydrogens (primary N) is 1. The van der Waals surface area contributed by atoms with Gasteiger partial charge in [0.2, 0.25) is 5.91 Å². The smallest absolute Gasteiger partial charge is 0.223 e. The first kappa shape index (κ1) is 15.4. The molecule has 4 heteroatoms. The molecule has 1 amide bonds. The second-order valence-corrected chi connectivity index (χ2v) is 5.34. The lowest BCUT2D eigenvalue weighted by molar-refractivity contribution is -0.126. The SMILES string of the molecule is CC(N)CCCC(C)C(=O)NC(C)(C)CO. The van der Waals surface area contributed by atoms with Gasteiger partial charge < -0.3 is 16.2 Å². The van der Waals surface area contributed by atoms with Crippen molar-refractivity contribution in [3.63, 3.8) is 0 Å². The van der Waals surface area contributed by atoms with Gasteiger partial charge in [-0.2, -0.15) is 0 Å². The van der Waals surface area contributed by atoms with Crippen LogP contribution in [0.4, 0.5) is 0 Å². The van der Waals surface area contributed by atoms with Crippen molar-refractivity contribution in [2.45, 2.75) is 58.5 Å². The average molecular weight is 230 g/mol. The van der Waals surface area contributed by atoms with E-state index in [9.17, 15) is 4.79 Å². The molecule has 0 fully saturated rings. The summed E-state index contributed by atoms with van der Waals surface area (Å²) in [4.78, 5) is 11.7. The summed E-state index contributed by atoms with van der Waals surface area (Å²) in [7, 11) is 0. The molecular weight excluding hydrogens is 204 g/mol. The second kappa shape index (κ2) is 6.86. The van der Waals surface area contributed by atoms with E-state index in [1.807, 2.05) is 13.8 Å². The second-order valence-electron chi connectivity index (χ2n) is 5.34. The normalized spacial score (nSPS) is 15.6. The Bertz CT molecular complexity index is 215. The summed E-state index contributed by atoms with van der Waals surface area (Å²) in [6.07, 6.45) is 2.75. The van der Waals surface area contributed by atoms with Gasteiger partial charge in [-0.25, -0.2) is 0 Å². The Morgan fingerprint density at radius 2 is 1.94 bits per heavy atom. The highest BCUT2D eigenvalue weighted by Crippen LogP contribution is 2.11. The molecule has 0 aliphatic carbocycles. The maximum atomic E-state index is 11.7. The Kier molecular flexibility index (Phi) is 6.60. The van der Waals surface area contributed by atoms with Crippen molar-refractivity contribution in [2.75, 3.05) is 6.61 Å². The molecule has 0 aliphatic heterocycles. The summed E-state index contributed by atoms with van der Waals surface area (Å²) in [6, 6.07) is 0.198. The van der Waals surface area contributed by atoms with Gasteiger partial charge in [-0.1, -0.05) is 13.3 Å². The summed E-state index contributed by atoms with van der Waals surface area (Å²) in [6.45, 7) is 7.44. The fourth-order valence-electron chi connectivity index (χ4n) is 1.37. The fraction of sp³-hybridized carbons (Fsp3) is 0.917. The zero-order valence-electron chi connectivity index (χ0n) is 10.9. The number of carbonyl (C=O) groups excluding carboxylic acids is 1. The molecule has 0 saturated carbocycles. The van der Waals surface area contributed by atoms with E-state index in [1.165, 1.54) is 0 Å². The van der Waals surface area contributed by atoms with Gasteiger partial charge in [-0.05, 0) is 33.6 Å². The van der Waals surface area contributed by atoms with Crippen molar-refractivity contribution in [3.05, 3.63) is 0 Å². The molecular formula is C12H26N2O2. The van der Waals surface area contributed by atoms with E-state index in [0.717, 1.165) is 19.3 Å². The van der Waals surface area contributed by atoms with Gasteiger partial charge in [-0.15, -0.1) is 0 Å². The van der Waals surface area contributed by atoms with Crippen LogP contribution in [0, 0.1) is 5.92 Å². The number of aliphatic hydroxyl groups excluding tert-OH is 1. The summed E-state index contributed by atoms with van der Waals surface area (Å²) in [5, 5.41) is 11.9. The number of nitrogens with one attached hydrogen (secondary N) is 1. The van der Waals surface area contributed by atoms with Gasteiger partial charge in [0.1, 0.15) is 0 Å². The van der Waals surface area contributed by atoms with Crippen molar-refractivity contribution in [1.82, 2.24) is 5.32 Å². The summed E-state index contributed by atoms with van der Waals surface area (Å²) < 4.78 is 0. The number of hydrogen-bond donors (Lipinski definition) is 3. The highest BCUT2D eigenvalue weighted by molar-refractivity contribution is 5.78. The van der Waals surface area contributed by atoms with Crippen LogP contribution in [0.25, 0.3) is 0 Å². The zero-order valence-corrected chi connectivity index (χ0v) is 10.9. The van der Waals surface area contributed by atoms with E-state index in [1.54, 1.807) is 13.8 Å². The number of carbonyl (C=O) groups is 1. The van der Waals surface area contributed by atoms with E-state index in [0.29, 0.717) is 0 Å². The van der Waals surface area contributed by atoms with Crippen LogP contribution in [0.1, 0.15) is 47.0 Å². The standard InChI is InChI=1S/C12H26N2O2/c1-9(6-5-7-10(2)13)11(16)14-12(3,4)8-15/h9-10,15H,5-8,13H2,1-4H3,(H,14,16). The number of amides is 1. The lowest BCUT2D eigenvalue weighted by Gasteiger charge is -2.25. The number of hydrogen-bond acceptors (Lipinski definition) is 3. The first-order valence-electron chi connectivity index (χ1n) is 5.97. The maximum Gasteiger partial charge on any atom is 0.223 e. The van der Waals surface area contributed by atoms with Gasteiger partial charge in [0.05, 0.1) is 12.1 Å². The van der Waals surface area contributed by atoms with Crippen molar-refractivity contribution in [3.8, 4) is 0 Å². The third-order valence-electron chi connectivity index (χ3n) is 2.60. The molecule has 0 heterocycles. The zero-order chi connectivity index (χ0) is 12.8. The molecule has 0 aromatic heterocycles. The Balaban J connectivity index is 3.91. The van der Waals surface area contributed by atoms with Gasteiger partial charge in [-0.3, -0.25) is 4.79 Å². The van der Waals surface area contributed by atoms with E-state index < -0.39 is 5.54 Å². The molecule has 0 radical (unpaired) electrons. The number of aliphatic hydroxyl groups is 1. The van der Waals surface area contributed by atoms with Crippen LogP contribution in [-0.2, 0) is 4.79 Å². The van der Waals surface area contributed by atoms with Crippen LogP contribution < -0.4 is 11.1 Å². The molecule has 0 saturated heterocycles. The molecule has 4 N–H and O–H groups in total. The molecule has 0 bridgehead atoms. The van der Waals surface area contributed by atoms with E-state index in [4.69, 9.17) is 10.8 Å². The average Bonchev–Trinajstić information content (AvgIpc) is 2.16. The summed E-state index contributed by atoms with van der Waals surface area (Å²) in [5.41, 5.74) is 5.11. The van der Waals surface area contributed by atoms with Crippen LogP contribution in [0.2, 0.25) is 0 Å². The lowest BCUT2D eigenvalue weighted by atomic mass is 9.99. The molecule has 0 aromatic rings. The third kappa shape index (κ3) is 6.80. The molecule has 0 aliphatic rings. The fourth-order valence-corrected chi connectivity index (χ4v) is 1.37. The molecule has 96 valence electrons. The molecule has 2 unspecified atom stereocenters. The third-order valence-corrected chi connectivity index (χ3v) is 2.60. The van der Waals surface area contributed by atoms with Crippen molar-refractivity contribution in [2.24, 2.45) is 11.7 Å².